The molecule has 2 heteroatoms. The number of rotatable bonds is 8. The summed E-state index contributed by atoms with van der Waals surface area (Å²) < 4.78 is 2.45. The molecule has 0 saturated carbocycles. The lowest BCUT2D eigenvalue weighted by Gasteiger charge is -2.26. The number of fused-ring (bicyclic) bond motifs is 9. The molecule has 1 aromatic heterocycles. The Morgan fingerprint density at radius 2 is 0.722 bits per heavy atom. The Kier molecular flexibility index (Phi) is 9.89. The summed E-state index contributed by atoms with van der Waals surface area (Å²) in [6.45, 7) is 0. The highest BCUT2D eigenvalue weighted by Gasteiger charge is 2.22. The molecule has 0 radical (unpaired) electrons. The Balaban J connectivity index is 0.910. The van der Waals surface area contributed by atoms with Crippen LogP contribution in [0.3, 0.4) is 0 Å². The van der Waals surface area contributed by atoms with Gasteiger partial charge >= 0.3 is 0 Å². The van der Waals surface area contributed by atoms with Crippen molar-refractivity contribution < 1.29 is 0 Å². The van der Waals surface area contributed by atoms with E-state index in [-0.39, 0.29) is 0 Å². The van der Waals surface area contributed by atoms with Gasteiger partial charge in [0.2, 0.25) is 0 Å². The lowest BCUT2D eigenvalue weighted by Crippen LogP contribution is -2.10. The average molecular weight is 915 g/mol. The number of anilines is 3. The van der Waals surface area contributed by atoms with Crippen molar-refractivity contribution in [3.05, 3.63) is 279 Å². The van der Waals surface area contributed by atoms with Crippen LogP contribution in [-0.4, -0.2) is 4.57 Å². The highest BCUT2D eigenvalue weighted by Crippen LogP contribution is 2.45. The second-order valence-electron chi connectivity index (χ2n) is 18.9. The first kappa shape index (κ1) is 41.5. The Morgan fingerprint density at radius 3 is 1.33 bits per heavy atom. The summed E-state index contributed by atoms with van der Waals surface area (Å²) in [6.07, 6.45) is 0. The zero-order chi connectivity index (χ0) is 47.5. The van der Waals surface area contributed by atoms with Gasteiger partial charge in [-0.3, -0.25) is 0 Å². The van der Waals surface area contributed by atoms with Gasteiger partial charge in [0, 0.05) is 39.1 Å². The first-order chi connectivity index (χ1) is 35.7. The van der Waals surface area contributed by atoms with Crippen LogP contribution in [0.25, 0.3) is 115 Å². The van der Waals surface area contributed by atoms with Crippen LogP contribution in [0, 0.1) is 0 Å². The zero-order valence-corrected chi connectivity index (χ0v) is 39.5. The van der Waals surface area contributed by atoms with E-state index in [9.17, 15) is 0 Å². The largest absolute Gasteiger partial charge is 0.310 e. The average Bonchev–Trinajstić information content (AvgIpc) is 3.81. The highest BCUT2D eigenvalue weighted by molar-refractivity contribution is 6.20. The van der Waals surface area contributed by atoms with Gasteiger partial charge in [0.25, 0.3) is 0 Å². The van der Waals surface area contributed by atoms with Crippen LogP contribution in [0.15, 0.2) is 279 Å². The number of benzene rings is 13. The molecule has 0 aliphatic heterocycles. The molecule has 0 amide bonds. The fraction of sp³-hybridized carbons (Fsp3) is 0. The zero-order valence-electron chi connectivity index (χ0n) is 39.5. The maximum Gasteiger partial charge on any atom is 0.0625 e. The summed E-state index contributed by atoms with van der Waals surface area (Å²) in [5, 5.41) is 12.6. The van der Waals surface area contributed by atoms with Crippen molar-refractivity contribution in [3.63, 3.8) is 0 Å². The van der Waals surface area contributed by atoms with Gasteiger partial charge in [-0.1, -0.05) is 212 Å². The summed E-state index contributed by atoms with van der Waals surface area (Å²) in [5.74, 6) is 0. The van der Waals surface area contributed by atoms with E-state index in [1.54, 1.807) is 0 Å². The minimum Gasteiger partial charge on any atom is -0.310 e. The molecule has 14 aromatic rings. The predicted molar refractivity (Wildman–Crippen MR) is 307 cm³/mol. The minimum atomic E-state index is 1.08. The molecule has 0 aliphatic rings. The third-order valence-corrected chi connectivity index (χ3v) is 14.7. The van der Waals surface area contributed by atoms with E-state index in [0.29, 0.717) is 0 Å². The van der Waals surface area contributed by atoms with Crippen molar-refractivity contribution in [1.29, 1.82) is 0 Å². The van der Waals surface area contributed by atoms with Crippen molar-refractivity contribution in [2.24, 2.45) is 0 Å². The third-order valence-electron chi connectivity index (χ3n) is 14.7. The number of para-hydroxylation sites is 2. The molecule has 1 heterocycles. The minimum absolute atomic E-state index is 1.08. The van der Waals surface area contributed by atoms with Gasteiger partial charge in [0.05, 0.1) is 11.0 Å². The Bertz CT molecular complexity index is 4200. The van der Waals surface area contributed by atoms with E-state index in [1.807, 2.05) is 0 Å². The van der Waals surface area contributed by atoms with Crippen LogP contribution in [0.2, 0.25) is 0 Å². The quantitative estimate of drug-likeness (QED) is 0.138. The number of nitrogens with zero attached hydrogens (tertiary/aromatic N) is 2. The standard InChI is InChI=1S/C70H46N2/c1-3-14-49(15-4-1)66-43-42-65(69-67-24-11-12-25-68(67)72(70(66)69)57-19-5-2-6-20-57)54-18-13-21-60(46-54)71(58-36-30-47(31-37-58)52-34-40-63-55(44-52)28-26-50-16-7-9-22-61(50)63)59-38-32-48(33-39-59)53-35-41-64-56(45-53)29-27-51-17-8-10-23-62(51)64/h1-46H. The summed E-state index contributed by atoms with van der Waals surface area (Å²) in [4.78, 5) is 2.40. The van der Waals surface area contributed by atoms with Gasteiger partial charge in [0.15, 0.2) is 0 Å². The highest BCUT2D eigenvalue weighted by atomic mass is 15.1. The lowest BCUT2D eigenvalue weighted by atomic mass is 9.94. The molecule has 0 atom stereocenters. The topological polar surface area (TPSA) is 8.17 Å². The van der Waals surface area contributed by atoms with Gasteiger partial charge in [-0.25, -0.2) is 0 Å². The van der Waals surface area contributed by atoms with Crippen molar-refractivity contribution in [2.75, 3.05) is 4.90 Å². The van der Waals surface area contributed by atoms with E-state index in [1.165, 1.54) is 104 Å². The fourth-order valence-corrected chi connectivity index (χ4v) is 11.3. The fourth-order valence-electron chi connectivity index (χ4n) is 11.3. The van der Waals surface area contributed by atoms with Crippen molar-refractivity contribution in [3.8, 4) is 50.2 Å². The molecule has 0 fully saturated rings. The van der Waals surface area contributed by atoms with E-state index in [2.05, 4.69) is 289 Å². The van der Waals surface area contributed by atoms with Crippen LogP contribution in [0.1, 0.15) is 0 Å². The molecule has 13 aromatic carbocycles. The molecule has 72 heavy (non-hydrogen) atoms. The smallest absolute Gasteiger partial charge is 0.0625 e. The number of hydrogen-bond donors (Lipinski definition) is 0. The van der Waals surface area contributed by atoms with Crippen LogP contribution in [0.5, 0.6) is 0 Å². The third kappa shape index (κ3) is 7.03. The normalized spacial score (nSPS) is 11.6. The maximum absolute atomic E-state index is 2.45. The molecule has 14 rings (SSSR count). The second kappa shape index (κ2) is 17.2. The molecule has 0 spiro atoms. The molecule has 0 bridgehead atoms. The monoisotopic (exact) mass is 914 g/mol. The number of hydrogen-bond acceptors (Lipinski definition) is 1. The van der Waals surface area contributed by atoms with Gasteiger partial charge in [-0.2, -0.15) is 0 Å². The Labute approximate surface area is 418 Å². The van der Waals surface area contributed by atoms with Crippen LogP contribution in [0.4, 0.5) is 17.1 Å². The first-order valence-electron chi connectivity index (χ1n) is 24.8. The Hall–Kier alpha value is -9.50. The summed E-state index contributed by atoms with van der Waals surface area (Å²) in [6, 6.07) is 102. The molecule has 0 saturated heterocycles. The van der Waals surface area contributed by atoms with Gasteiger partial charge in [-0.05, 0) is 149 Å². The Morgan fingerprint density at radius 1 is 0.250 bits per heavy atom. The van der Waals surface area contributed by atoms with Gasteiger partial charge < -0.3 is 9.47 Å². The lowest BCUT2D eigenvalue weighted by molar-refractivity contribution is 1.18. The van der Waals surface area contributed by atoms with Crippen molar-refractivity contribution in [1.82, 2.24) is 4.57 Å². The molecular formula is C70H46N2. The van der Waals surface area contributed by atoms with Crippen LogP contribution >= 0.6 is 0 Å². The van der Waals surface area contributed by atoms with Crippen molar-refractivity contribution in [2.45, 2.75) is 0 Å². The maximum atomic E-state index is 2.45. The predicted octanol–water partition coefficient (Wildman–Crippen LogP) is 19.5. The van der Waals surface area contributed by atoms with Crippen LogP contribution in [-0.2, 0) is 0 Å². The molecule has 0 aliphatic carbocycles. The van der Waals surface area contributed by atoms with Gasteiger partial charge in [-0.15, -0.1) is 0 Å². The SMILES string of the molecule is c1ccc(-c2ccc(-c3cccc(N(c4ccc(-c5ccc6c(ccc7ccccc76)c5)cc4)c4ccc(-c5ccc6c(ccc7ccccc76)c5)cc4)c3)c3c4ccccc4n(-c4ccccc4)c23)cc1. The van der Waals surface area contributed by atoms with E-state index in [0.717, 1.165) is 28.3 Å². The summed E-state index contributed by atoms with van der Waals surface area (Å²) in [7, 11) is 0. The number of aromatic nitrogens is 1. The molecule has 0 N–H and O–H groups in total. The van der Waals surface area contributed by atoms with Gasteiger partial charge in [0.1, 0.15) is 0 Å². The molecular weight excluding hydrogens is 869 g/mol. The van der Waals surface area contributed by atoms with Crippen molar-refractivity contribution >= 4 is 82.0 Å². The summed E-state index contributed by atoms with van der Waals surface area (Å²) in [5.41, 5.74) is 16.2. The summed E-state index contributed by atoms with van der Waals surface area (Å²) >= 11 is 0. The molecule has 2 nitrogen and oxygen atoms in total. The molecule has 336 valence electrons. The van der Waals surface area contributed by atoms with E-state index in [4.69, 9.17) is 0 Å². The van der Waals surface area contributed by atoms with E-state index < -0.39 is 0 Å². The second-order valence-corrected chi connectivity index (χ2v) is 18.9. The molecule has 0 unspecified atom stereocenters. The first-order valence-corrected chi connectivity index (χ1v) is 24.8. The van der Waals surface area contributed by atoms with Crippen LogP contribution < -0.4 is 4.90 Å². The van der Waals surface area contributed by atoms with E-state index >= 15 is 0 Å².